The largest absolute Gasteiger partial charge is 0.494 e. The molecule has 2 aromatic heterocycles. The van der Waals surface area contributed by atoms with Crippen LogP contribution >= 0.6 is 0 Å². The van der Waals surface area contributed by atoms with E-state index in [0.29, 0.717) is 23.3 Å². The lowest BCUT2D eigenvalue weighted by Crippen LogP contribution is -2.61. The van der Waals surface area contributed by atoms with Gasteiger partial charge in [-0.05, 0) is 83.8 Å². The molecule has 10 nitrogen and oxygen atoms in total. The molecule has 0 unspecified atom stereocenters. The van der Waals surface area contributed by atoms with E-state index in [4.69, 9.17) is 14.5 Å². The minimum Gasteiger partial charge on any atom is -0.494 e. The number of anilines is 3. The normalized spacial score (nSPS) is 19.7. The number of amides is 1. The molecule has 3 saturated heterocycles. The molecule has 0 bridgehead atoms. The van der Waals surface area contributed by atoms with Crippen molar-refractivity contribution in [3.8, 4) is 17.0 Å². The van der Waals surface area contributed by atoms with Gasteiger partial charge in [-0.25, -0.2) is 14.8 Å². The highest BCUT2D eigenvalue weighted by Crippen LogP contribution is 2.45. The van der Waals surface area contributed by atoms with Gasteiger partial charge < -0.3 is 34.1 Å². The fraction of sp³-hybridized carbons (Fsp3) is 0.500. The van der Waals surface area contributed by atoms with Gasteiger partial charge in [0.05, 0.1) is 18.5 Å². The summed E-state index contributed by atoms with van der Waals surface area (Å²) in [6, 6.07) is 17.6. The number of hydrogen-bond acceptors (Lipinski definition) is 8. The second-order valence-corrected chi connectivity index (χ2v) is 15.4. The zero-order valence-corrected chi connectivity index (χ0v) is 28.6. The standard InChI is InChI=1S/C38H47N7O3/c1-37(2,3)48-36(46)43-21-26(22-43)20-42-17-14-38(15-18-42)24-44(25-38)28-11-12-32(34(19-28)47-4)41-35-39-16-13-31(40-35)30-23-45(27-9-10-27)33-8-6-5-7-29(30)33/h5-8,11-13,16,19,23,26-27H,9-10,14-15,17-18,20-22,24-25H2,1-4H3,(H,39,40,41). The zero-order valence-electron chi connectivity index (χ0n) is 28.6. The summed E-state index contributed by atoms with van der Waals surface area (Å²) in [5.41, 5.74) is 5.29. The number of likely N-dealkylation sites (tertiary alicyclic amines) is 2. The van der Waals surface area contributed by atoms with E-state index in [1.807, 2.05) is 37.9 Å². The average molecular weight is 650 g/mol. The van der Waals surface area contributed by atoms with Crippen LogP contribution in [0.3, 0.4) is 0 Å². The molecule has 4 aliphatic rings. The number of para-hydroxylation sites is 1. The van der Waals surface area contributed by atoms with Gasteiger partial charge in [-0.3, -0.25) is 0 Å². The topological polar surface area (TPSA) is 88.0 Å². The van der Waals surface area contributed by atoms with Gasteiger partial charge in [0.1, 0.15) is 11.4 Å². The molecule has 252 valence electrons. The quantitative estimate of drug-likeness (QED) is 0.219. The van der Waals surface area contributed by atoms with Gasteiger partial charge in [0.15, 0.2) is 0 Å². The fourth-order valence-corrected chi connectivity index (χ4v) is 7.73. The molecular formula is C38H47N7O3. The maximum Gasteiger partial charge on any atom is 0.410 e. The highest BCUT2D eigenvalue weighted by molar-refractivity contribution is 5.95. The van der Waals surface area contributed by atoms with Crippen molar-refractivity contribution in [1.29, 1.82) is 0 Å². The first-order valence-electron chi connectivity index (χ1n) is 17.5. The second-order valence-electron chi connectivity index (χ2n) is 15.4. The molecule has 5 heterocycles. The predicted molar refractivity (Wildman–Crippen MR) is 189 cm³/mol. The summed E-state index contributed by atoms with van der Waals surface area (Å²) in [6.45, 7) is 12.8. The first-order chi connectivity index (χ1) is 23.1. The van der Waals surface area contributed by atoms with Crippen LogP contribution in [0.25, 0.3) is 22.2 Å². The predicted octanol–water partition coefficient (Wildman–Crippen LogP) is 6.95. The molecular weight excluding hydrogens is 602 g/mol. The SMILES string of the molecule is COc1cc(N2CC3(CCN(CC4CN(C(=O)OC(C)(C)C)C4)CC3)C2)ccc1Nc1nccc(-c2cn(C3CC3)c3ccccc23)n1. The summed E-state index contributed by atoms with van der Waals surface area (Å²) in [5, 5.41) is 4.65. The molecule has 1 aliphatic carbocycles. The fourth-order valence-electron chi connectivity index (χ4n) is 7.73. The van der Waals surface area contributed by atoms with Gasteiger partial charge in [-0.15, -0.1) is 0 Å². The van der Waals surface area contributed by atoms with Gasteiger partial charge in [0.2, 0.25) is 5.95 Å². The number of rotatable bonds is 8. The first-order valence-corrected chi connectivity index (χ1v) is 17.5. The Morgan fingerprint density at radius 1 is 1.04 bits per heavy atom. The summed E-state index contributed by atoms with van der Waals surface area (Å²) < 4.78 is 13.8. The molecule has 3 aliphatic heterocycles. The Morgan fingerprint density at radius 3 is 2.54 bits per heavy atom. The number of hydrogen-bond donors (Lipinski definition) is 1. The smallest absolute Gasteiger partial charge is 0.410 e. The number of fused-ring (bicyclic) bond motifs is 1. The molecule has 1 amide bonds. The van der Waals surface area contributed by atoms with Gasteiger partial charge in [0, 0.05) is 90.7 Å². The van der Waals surface area contributed by atoms with Gasteiger partial charge >= 0.3 is 6.09 Å². The Kier molecular flexibility index (Phi) is 7.74. The van der Waals surface area contributed by atoms with Crippen LogP contribution in [-0.4, -0.2) is 89.0 Å². The summed E-state index contributed by atoms with van der Waals surface area (Å²) in [4.78, 5) is 28.7. The lowest BCUT2D eigenvalue weighted by molar-refractivity contribution is -0.0117. The Balaban J connectivity index is 0.862. The van der Waals surface area contributed by atoms with Crippen LogP contribution < -0.4 is 15.0 Å². The maximum atomic E-state index is 12.3. The Labute approximate surface area is 283 Å². The van der Waals surface area contributed by atoms with Crippen molar-refractivity contribution in [2.24, 2.45) is 11.3 Å². The molecule has 0 atom stereocenters. The second kappa shape index (κ2) is 12.0. The average Bonchev–Trinajstić information content (AvgIpc) is 3.81. The van der Waals surface area contributed by atoms with Crippen LogP contribution in [0.2, 0.25) is 0 Å². The van der Waals surface area contributed by atoms with Crippen molar-refractivity contribution in [3.63, 3.8) is 0 Å². The van der Waals surface area contributed by atoms with Gasteiger partial charge in [-0.2, -0.15) is 0 Å². The summed E-state index contributed by atoms with van der Waals surface area (Å²) >= 11 is 0. The molecule has 4 aromatic rings. The summed E-state index contributed by atoms with van der Waals surface area (Å²) in [6.07, 6.45) is 8.80. The van der Waals surface area contributed by atoms with Crippen molar-refractivity contribution in [2.75, 3.05) is 63.1 Å². The van der Waals surface area contributed by atoms with E-state index in [0.717, 1.165) is 68.5 Å². The molecule has 8 rings (SSSR count). The van der Waals surface area contributed by atoms with Crippen LogP contribution in [0.1, 0.15) is 52.5 Å². The molecule has 1 spiro atoms. The number of piperidine rings is 1. The number of methoxy groups -OCH3 is 1. The first kappa shape index (κ1) is 31.0. The third-order valence-corrected chi connectivity index (χ3v) is 10.5. The van der Waals surface area contributed by atoms with Crippen molar-refractivity contribution in [2.45, 2.75) is 58.1 Å². The number of aromatic nitrogens is 3. The number of benzene rings is 2. The van der Waals surface area contributed by atoms with Crippen molar-refractivity contribution in [1.82, 2.24) is 24.3 Å². The summed E-state index contributed by atoms with van der Waals surface area (Å²) in [5.74, 6) is 1.88. The van der Waals surface area contributed by atoms with Crippen molar-refractivity contribution < 1.29 is 14.3 Å². The van der Waals surface area contributed by atoms with E-state index in [9.17, 15) is 4.79 Å². The van der Waals surface area contributed by atoms with E-state index in [-0.39, 0.29) is 6.09 Å². The van der Waals surface area contributed by atoms with E-state index >= 15 is 0 Å². The van der Waals surface area contributed by atoms with Gasteiger partial charge in [-0.1, -0.05) is 18.2 Å². The van der Waals surface area contributed by atoms with Crippen LogP contribution in [-0.2, 0) is 4.74 Å². The lowest BCUT2D eigenvalue weighted by Gasteiger charge is -2.55. The van der Waals surface area contributed by atoms with E-state index < -0.39 is 5.60 Å². The van der Waals surface area contributed by atoms with Crippen molar-refractivity contribution >= 4 is 34.3 Å². The maximum absolute atomic E-state index is 12.3. The molecule has 2 aromatic carbocycles. The van der Waals surface area contributed by atoms with E-state index in [2.05, 4.69) is 73.3 Å². The molecule has 48 heavy (non-hydrogen) atoms. The zero-order chi connectivity index (χ0) is 33.0. The molecule has 1 N–H and O–H groups in total. The van der Waals surface area contributed by atoms with Crippen molar-refractivity contribution in [3.05, 3.63) is 60.9 Å². The minimum absolute atomic E-state index is 0.183. The summed E-state index contributed by atoms with van der Waals surface area (Å²) in [7, 11) is 1.72. The number of carbonyl (C=O) groups is 1. The number of ether oxygens (including phenoxy) is 2. The Hall–Kier alpha value is -4.31. The Bertz CT molecular complexity index is 1800. The van der Waals surface area contributed by atoms with Crippen LogP contribution in [0.5, 0.6) is 5.75 Å². The number of carbonyl (C=O) groups excluding carboxylic acids is 1. The molecule has 4 fully saturated rings. The van der Waals surface area contributed by atoms with E-state index in [1.54, 1.807) is 7.11 Å². The molecule has 0 radical (unpaired) electrons. The highest BCUT2D eigenvalue weighted by atomic mass is 16.6. The number of nitrogens with one attached hydrogen (secondary N) is 1. The number of nitrogens with zero attached hydrogens (tertiary/aromatic N) is 6. The third kappa shape index (κ3) is 6.18. The molecule has 1 saturated carbocycles. The molecule has 10 heteroatoms. The van der Waals surface area contributed by atoms with E-state index in [1.165, 1.54) is 42.3 Å². The van der Waals surface area contributed by atoms with Gasteiger partial charge in [0.25, 0.3) is 0 Å². The highest BCUT2D eigenvalue weighted by Gasteiger charge is 2.45. The van der Waals surface area contributed by atoms with Crippen LogP contribution in [0.15, 0.2) is 60.9 Å². The minimum atomic E-state index is -0.439. The lowest BCUT2D eigenvalue weighted by atomic mass is 9.71. The monoisotopic (exact) mass is 649 g/mol. The Morgan fingerprint density at radius 2 is 1.81 bits per heavy atom. The third-order valence-electron chi connectivity index (χ3n) is 10.5. The van der Waals surface area contributed by atoms with Crippen LogP contribution in [0, 0.1) is 11.3 Å². The van der Waals surface area contributed by atoms with Crippen LogP contribution in [0.4, 0.5) is 22.1 Å².